The van der Waals surface area contributed by atoms with E-state index in [1.54, 1.807) is 36.7 Å². The summed E-state index contributed by atoms with van der Waals surface area (Å²) in [6.07, 6.45) is 4.50. The van der Waals surface area contributed by atoms with E-state index in [4.69, 9.17) is 4.74 Å². The molecule has 27 heavy (non-hydrogen) atoms. The number of nitrogens with zero attached hydrogens (tertiary/aromatic N) is 2. The Hall–Kier alpha value is -3.09. The summed E-state index contributed by atoms with van der Waals surface area (Å²) in [5.41, 5.74) is -0.922. The Morgan fingerprint density at radius 1 is 1.15 bits per heavy atom. The van der Waals surface area contributed by atoms with Gasteiger partial charge in [-0.05, 0) is 37.1 Å². The van der Waals surface area contributed by atoms with Crippen molar-refractivity contribution >= 4 is 17.6 Å². The van der Waals surface area contributed by atoms with Gasteiger partial charge in [0, 0.05) is 44.1 Å². The SMILES string of the molecule is CNC(=O)C(Oc1ccccc1)(C(=O)O)C1CCN(c2ccncc2)CC1. The zero-order valence-electron chi connectivity index (χ0n) is 15.2. The maximum Gasteiger partial charge on any atom is 0.358 e. The molecule has 7 nitrogen and oxygen atoms in total. The van der Waals surface area contributed by atoms with Crippen molar-refractivity contribution in [3.05, 3.63) is 54.9 Å². The Morgan fingerprint density at radius 2 is 1.78 bits per heavy atom. The Balaban J connectivity index is 1.85. The van der Waals surface area contributed by atoms with Crippen LogP contribution in [-0.2, 0) is 9.59 Å². The number of anilines is 1. The molecule has 0 aliphatic carbocycles. The number of aromatic nitrogens is 1. The molecule has 1 atom stereocenters. The van der Waals surface area contributed by atoms with E-state index in [0.29, 0.717) is 31.7 Å². The number of carbonyl (C=O) groups is 2. The smallest absolute Gasteiger partial charge is 0.358 e. The van der Waals surface area contributed by atoms with Gasteiger partial charge in [-0.1, -0.05) is 18.2 Å². The molecule has 2 N–H and O–H groups in total. The standard InChI is InChI=1S/C20H23N3O4/c1-21-18(24)20(19(25)26,27-17-5-3-2-4-6-17)15-9-13-23(14-10-15)16-7-11-22-12-8-16/h2-8,11-12,15H,9-10,13-14H2,1H3,(H,21,24)(H,25,26). The van der Waals surface area contributed by atoms with E-state index >= 15 is 0 Å². The number of rotatable bonds is 6. The van der Waals surface area contributed by atoms with E-state index in [9.17, 15) is 14.7 Å². The molecule has 1 saturated heterocycles. The number of carbonyl (C=O) groups excluding carboxylic acids is 1. The third kappa shape index (κ3) is 3.72. The molecule has 3 rings (SSSR count). The molecule has 0 bridgehead atoms. The summed E-state index contributed by atoms with van der Waals surface area (Å²) in [5.74, 6) is -2.00. The van der Waals surface area contributed by atoms with Crippen LogP contribution in [-0.4, -0.2) is 47.7 Å². The molecule has 2 heterocycles. The van der Waals surface area contributed by atoms with Crippen LogP contribution in [0.2, 0.25) is 0 Å². The van der Waals surface area contributed by atoms with Gasteiger partial charge in [0.25, 0.3) is 11.5 Å². The monoisotopic (exact) mass is 369 g/mol. The first-order chi connectivity index (χ1) is 13.1. The molecule has 0 radical (unpaired) electrons. The highest BCUT2D eigenvalue weighted by Gasteiger charge is 2.55. The number of piperidine rings is 1. The molecular weight excluding hydrogens is 346 g/mol. The molecule has 1 aromatic heterocycles. The average Bonchev–Trinajstić information content (AvgIpc) is 2.73. The van der Waals surface area contributed by atoms with Gasteiger partial charge in [-0.3, -0.25) is 9.78 Å². The fraction of sp³-hybridized carbons (Fsp3) is 0.350. The van der Waals surface area contributed by atoms with Crippen molar-refractivity contribution in [2.24, 2.45) is 5.92 Å². The maximum absolute atomic E-state index is 12.7. The molecular formula is C20H23N3O4. The molecule has 1 aliphatic heterocycles. The highest BCUT2D eigenvalue weighted by molar-refractivity contribution is 6.06. The number of hydrogen-bond donors (Lipinski definition) is 2. The molecule has 1 amide bonds. The van der Waals surface area contributed by atoms with Gasteiger partial charge in [0.15, 0.2) is 0 Å². The van der Waals surface area contributed by atoms with E-state index < -0.39 is 23.4 Å². The second kappa shape index (κ2) is 8.07. The van der Waals surface area contributed by atoms with Gasteiger partial charge >= 0.3 is 5.97 Å². The maximum atomic E-state index is 12.7. The lowest BCUT2D eigenvalue weighted by atomic mass is 9.79. The zero-order valence-corrected chi connectivity index (χ0v) is 15.2. The van der Waals surface area contributed by atoms with E-state index in [1.165, 1.54) is 7.05 Å². The van der Waals surface area contributed by atoms with Crippen molar-refractivity contribution < 1.29 is 19.4 Å². The van der Waals surface area contributed by atoms with Gasteiger partial charge < -0.3 is 20.1 Å². The van der Waals surface area contributed by atoms with E-state index in [-0.39, 0.29) is 0 Å². The first-order valence-corrected chi connectivity index (χ1v) is 8.92. The summed E-state index contributed by atoms with van der Waals surface area (Å²) in [6.45, 7) is 1.28. The van der Waals surface area contributed by atoms with Crippen molar-refractivity contribution in [3.8, 4) is 5.75 Å². The minimum atomic E-state index is -1.96. The summed E-state index contributed by atoms with van der Waals surface area (Å²) in [6, 6.07) is 12.5. The van der Waals surface area contributed by atoms with Crippen LogP contribution in [0.3, 0.4) is 0 Å². The largest absolute Gasteiger partial charge is 0.478 e. The van der Waals surface area contributed by atoms with Crippen LogP contribution in [0.5, 0.6) is 5.75 Å². The molecule has 0 spiro atoms. The Kier molecular flexibility index (Phi) is 5.59. The second-order valence-electron chi connectivity index (χ2n) is 6.50. The normalized spacial score (nSPS) is 17.0. The number of carboxylic acid groups (broad SMARTS) is 1. The van der Waals surface area contributed by atoms with Crippen LogP contribution < -0.4 is 15.0 Å². The molecule has 1 unspecified atom stereocenters. The number of para-hydroxylation sites is 1. The first-order valence-electron chi connectivity index (χ1n) is 8.92. The number of hydrogen-bond acceptors (Lipinski definition) is 5. The number of amides is 1. The summed E-state index contributed by atoms with van der Waals surface area (Å²) in [7, 11) is 1.43. The Bertz CT molecular complexity index is 776. The zero-order chi connectivity index (χ0) is 19.3. The lowest BCUT2D eigenvalue weighted by Gasteiger charge is -2.41. The van der Waals surface area contributed by atoms with Crippen LogP contribution in [0.4, 0.5) is 5.69 Å². The lowest BCUT2D eigenvalue weighted by molar-refractivity contribution is -0.169. The predicted molar refractivity (Wildman–Crippen MR) is 101 cm³/mol. The van der Waals surface area contributed by atoms with E-state index in [2.05, 4.69) is 15.2 Å². The van der Waals surface area contributed by atoms with Crippen LogP contribution in [0, 0.1) is 5.92 Å². The molecule has 1 fully saturated rings. The van der Waals surface area contributed by atoms with Crippen molar-refractivity contribution in [3.63, 3.8) is 0 Å². The minimum Gasteiger partial charge on any atom is -0.478 e. The quantitative estimate of drug-likeness (QED) is 0.756. The number of aliphatic carboxylic acids is 1. The number of pyridine rings is 1. The fourth-order valence-corrected chi connectivity index (χ4v) is 3.59. The van der Waals surface area contributed by atoms with E-state index in [1.807, 2.05) is 18.2 Å². The summed E-state index contributed by atoms with van der Waals surface area (Å²) in [5, 5.41) is 12.5. The van der Waals surface area contributed by atoms with Crippen molar-refractivity contribution in [2.75, 3.05) is 25.0 Å². The van der Waals surface area contributed by atoms with Gasteiger partial charge in [-0.25, -0.2) is 4.79 Å². The molecule has 2 aromatic rings. The summed E-state index contributed by atoms with van der Waals surface area (Å²) in [4.78, 5) is 31.1. The number of likely N-dealkylation sites (N-methyl/N-ethyl adjacent to an activating group) is 1. The van der Waals surface area contributed by atoms with E-state index in [0.717, 1.165) is 5.69 Å². The van der Waals surface area contributed by atoms with Crippen LogP contribution in [0.1, 0.15) is 12.8 Å². The summed E-state index contributed by atoms with van der Waals surface area (Å²) >= 11 is 0. The third-order valence-corrected chi connectivity index (χ3v) is 5.00. The molecule has 1 aromatic carbocycles. The highest BCUT2D eigenvalue weighted by Crippen LogP contribution is 2.35. The molecule has 1 aliphatic rings. The molecule has 142 valence electrons. The van der Waals surface area contributed by atoms with Crippen LogP contribution in [0.25, 0.3) is 0 Å². The molecule has 0 saturated carbocycles. The topological polar surface area (TPSA) is 91.8 Å². The van der Waals surface area contributed by atoms with Gasteiger partial charge in [0.1, 0.15) is 5.75 Å². The van der Waals surface area contributed by atoms with Crippen molar-refractivity contribution in [1.29, 1.82) is 0 Å². The second-order valence-corrected chi connectivity index (χ2v) is 6.50. The van der Waals surface area contributed by atoms with Gasteiger partial charge in [0.2, 0.25) is 0 Å². The lowest BCUT2D eigenvalue weighted by Crippen LogP contribution is -2.62. The minimum absolute atomic E-state index is 0.361. The fourth-order valence-electron chi connectivity index (χ4n) is 3.59. The number of carboxylic acids is 1. The van der Waals surface area contributed by atoms with Crippen molar-refractivity contribution in [2.45, 2.75) is 18.4 Å². The number of benzene rings is 1. The Labute approximate surface area is 158 Å². The number of nitrogens with one attached hydrogen (secondary N) is 1. The summed E-state index contributed by atoms with van der Waals surface area (Å²) < 4.78 is 5.86. The predicted octanol–water partition coefficient (Wildman–Crippen LogP) is 1.95. The Morgan fingerprint density at radius 3 is 2.33 bits per heavy atom. The first kappa shape index (κ1) is 18.7. The highest BCUT2D eigenvalue weighted by atomic mass is 16.5. The van der Waals surface area contributed by atoms with Gasteiger partial charge in [0.05, 0.1) is 0 Å². The molecule has 7 heteroatoms. The van der Waals surface area contributed by atoms with Crippen LogP contribution >= 0.6 is 0 Å². The van der Waals surface area contributed by atoms with Gasteiger partial charge in [-0.2, -0.15) is 0 Å². The average molecular weight is 369 g/mol. The van der Waals surface area contributed by atoms with Crippen LogP contribution in [0.15, 0.2) is 54.9 Å². The van der Waals surface area contributed by atoms with Gasteiger partial charge in [-0.15, -0.1) is 0 Å². The van der Waals surface area contributed by atoms with Crippen molar-refractivity contribution in [1.82, 2.24) is 10.3 Å². The number of ether oxygens (including phenoxy) is 1. The third-order valence-electron chi connectivity index (χ3n) is 5.00.